The molecule has 1 unspecified atom stereocenters. The van der Waals surface area contributed by atoms with Crippen molar-refractivity contribution < 1.29 is 14.3 Å². The van der Waals surface area contributed by atoms with Gasteiger partial charge in [0.05, 0.1) is 18.8 Å². The van der Waals surface area contributed by atoms with E-state index in [0.29, 0.717) is 51.4 Å². The number of ether oxygens (including phenoxy) is 1. The van der Waals surface area contributed by atoms with Crippen molar-refractivity contribution in [1.82, 2.24) is 24.8 Å². The molecule has 8 heteroatoms. The van der Waals surface area contributed by atoms with Crippen LogP contribution >= 0.6 is 0 Å². The van der Waals surface area contributed by atoms with Gasteiger partial charge in [0, 0.05) is 32.6 Å². The van der Waals surface area contributed by atoms with Crippen molar-refractivity contribution in [2.45, 2.75) is 38.5 Å². The standard InChI is InChI=1S/C26H29N5O3/c32-24(13-7-10-20-8-3-1-4-9-20)29-14-16-30(17-15-29)26(33)25-22-19-34-23(18-31(22)28-27-25)21-11-5-2-6-12-21/h1-6,8-9,11-12,23H,7,10,13-19H2. The highest BCUT2D eigenvalue weighted by Crippen LogP contribution is 2.27. The molecule has 0 aliphatic carbocycles. The molecule has 3 aromatic rings. The molecule has 1 aromatic heterocycles. The van der Waals surface area contributed by atoms with E-state index in [9.17, 15) is 9.59 Å². The van der Waals surface area contributed by atoms with Crippen LogP contribution in [0, 0.1) is 0 Å². The maximum Gasteiger partial charge on any atom is 0.276 e. The van der Waals surface area contributed by atoms with E-state index in [1.165, 1.54) is 5.56 Å². The first-order chi connectivity index (χ1) is 16.7. The van der Waals surface area contributed by atoms with Crippen molar-refractivity contribution in [2.24, 2.45) is 0 Å². The molecule has 2 aliphatic rings. The van der Waals surface area contributed by atoms with Gasteiger partial charge in [0.2, 0.25) is 5.91 Å². The molecule has 176 valence electrons. The number of hydrogen-bond donors (Lipinski definition) is 0. The van der Waals surface area contributed by atoms with E-state index in [1.54, 1.807) is 9.58 Å². The summed E-state index contributed by atoms with van der Waals surface area (Å²) in [6.45, 7) is 2.93. The number of hydrogen-bond acceptors (Lipinski definition) is 5. The normalized spacial score (nSPS) is 17.9. The molecular formula is C26H29N5O3. The lowest BCUT2D eigenvalue weighted by molar-refractivity contribution is -0.132. The Morgan fingerprint density at radius 2 is 1.59 bits per heavy atom. The Bertz CT molecular complexity index is 1120. The number of aromatic nitrogens is 3. The van der Waals surface area contributed by atoms with Gasteiger partial charge in [-0.3, -0.25) is 9.59 Å². The molecule has 0 spiro atoms. The second-order valence-electron chi connectivity index (χ2n) is 8.79. The lowest BCUT2D eigenvalue weighted by Crippen LogP contribution is -2.50. The van der Waals surface area contributed by atoms with E-state index in [-0.39, 0.29) is 17.9 Å². The van der Waals surface area contributed by atoms with Crippen molar-refractivity contribution in [1.29, 1.82) is 0 Å². The van der Waals surface area contributed by atoms with Crippen LogP contribution in [0.2, 0.25) is 0 Å². The van der Waals surface area contributed by atoms with Crippen LogP contribution in [0.15, 0.2) is 60.7 Å². The number of fused-ring (bicyclic) bond motifs is 1. The van der Waals surface area contributed by atoms with Crippen LogP contribution in [0.5, 0.6) is 0 Å². The van der Waals surface area contributed by atoms with Crippen LogP contribution in [-0.2, 0) is 29.1 Å². The highest BCUT2D eigenvalue weighted by atomic mass is 16.5. The Kier molecular flexibility index (Phi) is 6.67. The van der Waals surface area contributed by atoms with Crippen LogP contribution < -0.4 is 0 Å². The van der Waals surface area contributed by atoms with Gasteiger partial charge in [-0.25, -0.2) is 4.68 Å². The first-order valence-electron chi connectivity index (χ1n) is 11.9. The van der Waals surface area contributed by atoms with Gasteiger partial charge in [-0.1, -0.05) is 65.9 Å². The number of nitrogens with zero attached hydrogens (tertiary/aromatic N) is 5. The zero-order valence-corrected chi connectivity index (χ0v) is 19.2. The zero-order chi connectivity index (χ0) is 23.3. The Balaban J connectivity index is 1.12. The molecule has 1 atom stereocenters. The fourth-order valence-corrected chi connectivity index (χ4v) is 4.60. The fourth-order valence-electron chi connectivity index (χ4n) is 4.60. The molecule has 1 saturated heterocycles. The molecule has 0 saturated carbocycles. The molecule has 8 nitrogen and oxygen atoms in total. The van der Waals surface area contributed by atoms with E-state index in [2.05, 4.69) is 22.4 Å². The van der Waals surface area contributed by atoms with E-state index in [1.807, 2.05) is 53.4 Å². The Hall–Kier alpha value is -3.52. The topological polar surface area (TPSA) is 80.6 Å². The highest BCUT2D eigenvalue weighted by Gasteiger charge is 2.31. The third-order valence-electron chi connectivity index (χ3n) is 6.59. The van der Waals surface area contributed by atoms with E-state index in [4.69, 9.17) is 4.74 Å². The van der Waals surface area contributed by atoms with E-state index in [0.717, 1.165) is 24.1 Å². The highest BCUT2D eigenvalue weighted by molar-refractivity contribution is 5.93. The van der Waals surface area contributed by atoms with Gasteiger partial charge in [-0.05, 0) is 24.0 Å². The van der Waals surface area contributed by atoms with Gasteiger partial charge in [0.1, 0.15) is 6.10 Å². The zero-order valence-electron chi connectivity index (χ0n) is 19.2. The second-order valence-corrected chi connectivity index (χ2v) is 8.79. The maximum atomic E-state index is 13.1. The third-order valence-corrected chi connectivity index (χ3v) is 6.59. The van der Waals surface area contributed by atoms with Crippen LogP contribution in [0.25, 0.3) is 0 Å². The predicted octanol–water partition coefficient (Wildman–Crippen LogP) is 2.86. The number of amides is 2. The number of benzene rings is 2. The molecule has 2 aliphatic heterocycles. The van der Waals surface area contributed by atoms with Crippen LogP contribution in [-0.4, -0.2) is 62.8 Å². The van der Waals surface area contributed by atoms with Crippen molar-refractivity contribution >= 4 is 11.8 Å². The summed E-state index contributed by atoms with van der Waals surface area (Å²) in [5.41, 5.74) is 3.41. The Morgan fingerprint density at radius 3 is 2.32 bits per heavy atom. The van der Waals surface area contributed by atoms with Gasteiger partial charge >= 0.3 is 0 Å². The van der Waals surface area contributed by atoms with Crippen LogP contribution in [0.3, 0.4) is 0 Å². The molecular weight excluding hydrogens is 430 g/mol. The third kappa shape index (κ3) is 4.87. The molecule has 1 fully saturated rings. The lowest BCUT2D eigenvalue weighted by atomic mass is 10.1. The van der Waals surface area contributed by atoms with Crippen molar-refractivity contribution in [3.8, 4) is 0 Å². The molecule has 0 N–H and O–H groups in total. The summed E-state index contributed by atoms with van der Waals surface area (Å²) in [6, 6.07) is 20.2. The molecule has 34 heavy (non-hydrogen) atoms. The molecule has 3 heterocycles. The minimum atomic E-state index is -0.140. The van der Waals surface area contributed by atoms with Crippen molar-refractivity contribution in [2.75, 3.05) is 26.2 Å². The van der Waals surface area contributed by atoms with E-state index < -0.39 is 0 Å². The fraction of sp³-hybridized carbons (Fsp3) is 0.385. The maximum absolute atomic E-state index is 13.1. The number of rotatable bonds is 6. The summed E-state index contributed by atoms with van der Waals surface area (Å²) >= 11 is 0. The summed E-state index contributed by atoms with van der Waals surface area (Å²) in [7, 11) is 0. The molecule has 2 aromatic carbocycles. The van der Waals surface area contributed by atoms with Gasteiger partial charge in [0.25, 0.3) is 5.91 Å². The summed E-state index contributed by atoms with van der Waals surface area (Å²) in [5, 5.41) is 8.41. The molecule has 5 rings (SSSR count). The molecule has 2 amide bonds. The SMILES string of the molecule is O=C(CCCc1ccccc1)N1CCN(C(=O)c2nnn3c2COC(c2ccccc2)C3)CC1. The van der Waals surface area contributed by atoms with Gasteiger partial charge in [-0.15, -0.1) is 5.10 Å². The quantitative estimate of drug-likeness (QED) is 0.566. The molecule has 0 radical (unpaired) electrons. The monoisotopic (exact) mass is 459 g/mol. The lowest BCUT2D eigenvalue weighted by Gasteiger charge is -2.34. The summed E-state index contributed by atoms with van der Waals surface area (Å²) in [4.78, 5) is 29.4. The Labute approximate surface area is 199 Å². The number of piperazine rings is 1. The van der Waals surface area contributed by atoms with Gasteiger partial charge in [-0.2, -0.15) is 0 Å². The van der Waals surface area contributed by atoms with Crippen LogP contribution in [0.1, 0.15) is 46.3 Å². The summed E-state index contributed by atoms with van der Waals surface area (Å²) in [6.07, 6.45) is 2.16. The van der Waals surface area contributed by atoms with Crippen LogP contribution in [0.4, 0.5) is 0 Å². The van der Waals surface area contributed by atoms with Crippen molar-refractivity contribution in [3.63, 3.8) is 0 Å². The largest absolute Gasteiger partial charge is 0.365 e. The average Bonchev–Trinajstić information content (AvgIpc) is 3.33. The molecule has 0 bridgehead atoms. The van der Waals surface area contributed by atoms with E-state index >= 15 is 0 Å². The first kappa shape index (κ1) is 22.3. The smallest absolute Gasteiger partial charge is 0.276 e. The second kappa shape index (κ2) is 10.2. The average molecular weight is 460 g/mol. The minimum absolute atomic E-state index is 0.102. The summed E-state index contributed by atoms with van der Waals surface area (Å²) < 4.78 is 7.80. The van der Waals surface area contributed by atoms with Gasteiger partial charge < -0.3 is 14.5 Å². The van der Waals surface area contributed by atoms with Crippen molar-refractivity contribution in [3.05, 3.63) is 83.2 Å². The Morgan fingerprint density at radius 1 is 0.912 bits per heavy atom. The number of aryl methyl sites for hydroxylation is 1. The summed E-state index contributed by atoms with van der Waals surface area (Å²) in [5.74, 6) is 0.0172. The first-order valence-corrected chi connectivity index (χ1v) is 11.9. The number of carbonyl (C=O) groups is 2. The number of carbonyl (C=O) groups excluding carboxylic acids is 2. The predicted molar refractivity (Wildman–Crippen MR) is 126 cm³/mol. The van der Waals surface area contributed by atoms with Gasteiger partial charge in [0.15, 0.2) is 5.69 Å². The minimum Gasteiger partial charge on any atom is -0.365 e.